The Hall–Kier alpha value is -0.710. The molecule has 0 saturated carbocycles. The fourth-order valence-corrected chi connectivity index (χ4v) is 2.05. The smallest absolute Gasteiger partial charge is 0.161 e. The molecule has 1 aromatic heterocycles. The summed E-state index contributed by atoms with van der Waals surface area (Å²) < 4.78 is 0. The molecule has 6 heteroatoms. The van der Waals surface area contributed by atoms with Gasteiger partial charge < -0.3 is 10.7 Å². The van der Waals surface area contributed by atoms with Crippen molar-refractivity contribution in [1.29, 1.82) is 0 Å². The monoisotopic (exact) mass is 276 g/mol. The topological polar surface area (TPSA) is 63.0 Å². The summed E-state index contributed by atoms with van der Waals surface area (Å²) >= 11 is 12.0. The van der Waals surface area contributed by atoms with Crippen molar-refractivity contribution in [3.05, 3.63) is 16.1 Å². The van der Waals surface area contributed by atoms with Gasteiger partial charge in [0.25, 0.3) is 0 Å². The summed E-state index contributed by atoms with van der Waals surface area (Å²) in [5, 5.41) is 4.20. The Kier molecular flexibility index (Phi) is 5.31. The predicted molar refractivity (Wildman–Crippen MR) is 74.6 cm³/mol. The third-order valence-electron chi connectivity index (χ3n) is 2.63. The van der Waals surface area contributed by atoms with Crippen LogP contribution in [0.1, 0.15) is 27.2 Å². The Morgan fingerprint density at radius 1 is 1.29 bits per heavy atom. The van der Waals surface area contributed by atoms with Gasteiger partial charge >= 0.3 is 0 Å². The summed E-state index contributed by atoms with van der Waals surface area (Å²) in [5.41, 5.74) is 2.44. The highest BCUT2D eigenvalue weighted by molar-refractivity contribution is 6.37. The van der Waals surface area contributed by atoms with Crippen LogP contribution in [0.3, 0.4) is 0 Å². The van der Waals surface area contributed by atoms with Crippen molar-refractivity contribution in [2.45, 2.75) is 33.2 Å². The molecule has 1 atom stereocenters. The maximum absolute atomic E-state index is 6.09. The summed E-state index contributed by atoms with van der Waals surface area (Å²) in [6, 6.07) is 1.94. The SMILES string of the molecule is CCC(Nc1nc(NN)c(Cl)cc1Cl)C(C)C. The van der Waals surface area contributed by atoms with Crippen LogP contribution >= 0.6 is 23.2 Å². The molecule has 0 aliphatic carbocycles. The average molecular weight is 277 g/mol. The highest BCUT2D eigenvalue weighted by Gasteiger charge is 2.15. The molecule has 4 nitrogen and oxygen atoms in total. The lowest BCUT2D eigenvalue weighted by molar-refractivity contribution is 0.510. The number of nitrogens with zero attached hydrogens (tertiary/aromatic N) is 1. The minimum atomic E-state index is 0.312. The maximum atomic E-state index is 6.09. The summed E-state index contributed by atoms with van der Waals surface area (Å²) in [4.78, 5) is 4.25. The number of hydrogen-bond donors (Lipinski definition) is 3. The van der Waals surface area contributed by atoms with Crippen molar-refractivity contribution in [2.24, 2.45) is 11.8 Å². The molecule has 0 bridgehead atoms. The van der Waals surface area contributed by atoms with Crippen LogP contribution in [0.4, 0.5) is 11.6 Å². The summed E-state index contributed by atoms with van der Waals surface area (Å²) in [6.07, 6.45) is 0.990. The van der Waals surface area contributed by atoms with Gasteiger partial charge in [-0.3, -0.25) is 0 Å². The lowest BCUT2D eigenvalue weighted by Crippen LogP contribution is -2.25. The number of halogens is 2. The van der Waals surface area contributed by atoms with Crippen LogP contribution in [0.2, 0.25) is 10.0 Å². The second kappa shape index (κ2) is 6.28. The number of nitrogen functional groups attached to an aromatic ring is 1. The fraction of sp³-hybridized carbons (Fsp3) is 0.545. The van der Waals surface area contributed by atoms with E-state index in [-0.39, 0.29) is 0 Å². The highest BCUT2D eigenvalue weighted by atomic mass is 35.5. The van der Waals surface area contributed by atoms with Gasteiger partial charge in [-0.15, -0.1) is 0 Å². The Morgan fingerprint density at radius 2 is 1.88 bits per heavy atom. The Morgan fingerprint density at radius 3 is 2.35 bits per heavy atom. The van der Waals surface area contributed by atoms with E-state index in [9.17, 15) is 0 Å². The van der Waals surface area contributed by atoms with Crippen molar-refractivity contribution in [2.75, 3.05) is 10.7 Å². The van der Waals surface area contributed by atoms with Gasteiger partial charge in [-0.1, -0.05) is 44.0 Å². The first-order chi connectivity index (χ1) is 7.99. The molecule has 96 valence electrons. The Balaban J connectivity index is 2.97. The van der Waals surface area contributed by atoms with Crippen LogP contribution in [0.5, 0.6) is 0 Å². The third-order valence-corrected chi connectivity index (χ3v) is 3.21. The number of hydrazine groups is 1. The van der Waals surface area contributed by atoms with Gasteiger partial charge in [0.15, 0.2) is 5.82 Å². The summed E-state index contributed by atoms with van der Waals surface area (Å²) in [6.45, 7) is 6.41. The zero-order valence-corrected chi connectivity index (χ0v) is 11.7. The van der Waals surface area contributed by atoms with Crippen LogP contribution in [0.15, 0.2) is 6.07 Å². The standard InChI is InChI=1S/C11H18Cl2N4/c1-4-9(6(2)3)15-10-7(12)5-8(13)11(16-10)17-14/h5-6,9H,4,14H2,1-3H3,(H2,15,16,17). The number of hydrogen-bond acceptors (Lipinski definition) is 4. The number of anilines is 2. The molecule has 1 unspecified atom stereocenters. The van der Waals surface area contributed by atoms with E-state index in [0.29, 0.717) is 33.6 Å². The molecule has 4 N–H and O–H groups in total. The first-order valence-corrected chi connectivity index (χ1v) is 6.34. The van der Waals surface area contributed by atoms with Gasteiger partial charge in [0.05, 0.1) is 10.0 Å². The number of nitrogens with one attached hydrogen (secondary N) is 2. The highest BCUT2D eigenvalue weighted by Crippen LogP contribution is 2.29. The van der Waals surface area contributed by atoms with E-state index >= 15 is 0 Å². The minimum Gasteiger partial charge on any atom is -0.366 e. The average Bonchev–Trinajstić information content (AvgIpc) is 2.27. The summed E-state index contributed by atoms with van der Waals surface area (Å²) in [7, 11) is 0. The lowest BCUT2D eigenvalue weighted by atomic mass is 10.0. The molecular formula is C11H18Cl2N4. The number of aromatic nitrogens is 1. The van der Waals surface area contributed by atoms with Gasteiger partial charge in [-0.2, -0.15) is 0 Å². The van der Waals surface area contributed by atoms with E-state index in [1.54, 1.807) is 6.07 Å². The molecule has 0 aliphatic rings. The first kappa shape index (κ1) is 14.4. The lowest BCUT2D eigenvalue weighted by Gasteiger charge is -2.22. The molecule has 1 rings (SSSR count). The zero-order valence-electron chi connectivity index (χ0n) is 10.2. The second-order valence-electron chi connectivity index (χ2n) is 4.20. The molecule has 0 spiro atoms. The van der Waals surface area contributed by atoms with Crippen molar-refractivity contribution in [3.8, 4) is 0 Å². The summed E-state index contributed by atoms with van der Waals surface area (Å²) in [5.74, 6) is 6.83. The molecule has 0 radical (unpaired) electrons. The fourth-order valence-electron chi connectivity index (χ4n) is 1.58. The van der Waals surface area contributed by atoms with E-state index in [0.717, 1.165) is 6.42 Å². The zero-order chi connectivity index (χ0) is 13.0. The van der Waals surface area contributed by atoms with Crippen LogP contribution in [-0.2, 0) is 0 Å². The van der Waals surface area contributed by atoms with E-state index in [1.807, 2.05) is 0 Å². The van der Waals surface area contributed by atoms with Gasteiger partial charge in [-0.25, -0.2) is 10.8 Å². The predicted octanol–water partition coefficient (Wildman–Crippen LogP) is 3.52. The van der Waals surface area contributed by atoms with Gasteiger partial charge in [-0.05, 0) is 18.4 Å². The van der Waals surface area contributed by atoms with E-state index < -0.39 is 0 Å². The van der Waals surface area contributed by atoms with Crippen molar-refractivity contribution >= 4 is 34.8 Å². The normalized spacial score (nSPS) is 12.6. The second-order valence-corrected chi connectivity index (χ2v) is 5.01. The molecule has 17 heavy (non-hydrogen) atoms. The quantitative estimate of drug-likeness (QED) is 0.569. The number of nitrogens with two attached hydrogens (primary N) is 1. The van der Waals surface area contributed by atoms with Crippen molar-refractivity contribution < 1.29 is 0 Å². The van der Waals surface area contributed by atoms with E-state index in [4.69, 9.17) is 29.0 Å². The molecule has 1 heterocycles. The molecule has 0 amide bonds. The molecule has 0 aliphatic heterocycles. The molecular weight excluding hydrogens is 259 g/mol. The number of pyridine rings is 1. The maximum Gasteiger partial charge on any atom is 0.161 e. The van der Waals surface area contributed by atoms with Crippen LogP contribution in [0, 0.1) is 5.92 Å². The molecule has 0 saturated heterocycles. The van der Waals surface area contributed by atoms with Crippen LogP contribution in [0.25, 0.3) is 0 Å². The minimum absolute atomic E-state index is 0.312. The van der Waals surface area contributed by atoms with Gasteiger partial charge in [0, 0.05) is 6.04 Å². The third kappa shape index (κ3) is 3.63. The van der Waals surface area contributed by atoms with Crippen molar-refractivity contribution in [1.82, 2.24) is 4.98 Å². The van der Waals surface area contributed by atoms with E-state index in [2.05, 4.69) is 36.5 Å². The van der Waals surface area contributed by atoms with Gasteiger partial charge in [0.1, 0.15) is 5.82 Å². The first-order valence-electron chi connectivity index (χ1n) is 5.58. The largest absolute Gasteiger partial charge is 0.366 e. The Labute approximate surface area is 112 Å². The molecule has 1 aromatic rings. The van der Waals surface area contributed by atoms with Crippen molar-refractivity contribution in [3.63, 3.8) is 0 Å². The van der Waals surface area contributed by atoms with Gasteiger partial charge in [0.2, 0.25) is 0 Å². The van der Waals surface area contributed by atoms with E-state index in [1.165, 1.54) is 0 Å². The molecule has 0 aromatic carbocycles. The Bertz CT molecular complexity index is 382. The van der Waals surface area contributed by atoms with Crippen LogP contribution < -0.4 is 16.6 Å². The number of rotatable bonds is 5. The molecule has 0 fully saturated rings. The van der Waals surface area contributed by atoms with Crippen LogP contribution in [-0.4, -0.2) is 11.0 Å².